The minimum atomic E-state index is -0.395. The Kier molecular flexibility index (Phi) is 3.64. The van der Waals surface area contributed by atoms with E-state index in [2.05, 4.69) is 43.5 Å². The summed E-state index contributed by atoms with van der Waals surface area (Å²) in [6.45, 7) is 0. The van der Waals surface area contributed by atoms with Gasteiger partial charge in [-0.2, -0.15) is 0 Å². The van der Waals surface area contributed by atoms with Crippen molar-refractivity contribution in [2.24, 2.45) is 0 Å². The molecule has 1 N–H and O–H groups in total. The molecule has 0 aliphatic rings. The molecule has 0 aliphatic carbocycles. The van der Waals surface area contributed by atoms with Crippen molar-refractivity contribution in [3.63, 3.8) is 0 Å². The summed E-state index contributed by atoms with van der Waals surface area (Å²) >= 11 is 5.51. The largest absolute Gasteiger partial charge is 0.360 e. The van der Waals surface area contributed by atoms with Crippen molar-refractivity contribution >= 4 is 55.2 Å². The number of hydrogen-bond acceptors (Lipinski definition) is 1. The van der Waals surface area contributed by atoms with Crippen LogP contribution in [0.1, 0.15) is 15.9 Å². The molecule has 20 heavy (non-hydrogen) atoms. The molecule has 0 spiro atoms. The number of carbonyl (C=O) groups excluding carboxylic acids is 1. The Balaban J connectivity index is 2.21. The minimum absolute atomic E-state index is 0.202. The second-order valence-corrected chi connectivity index (χ2v) is 6.42. The van der Waals surface area contributed by atoms with Crippen LogP contribution >= 0.6 is 38.5 Å². The zero-order valence-electron chi connectivity index (χ0n) is 10.1. The fourth-order valence-electron chi connectivity index (χ4n) is 2.14. The second kappa shape index (κ2) is 5.29. The van der Waals surface area contributed by atoms with Gasteiger partial charge in [0.05, 0.1) is 5.56 Å². The van der Waals surface area contributed by atoms with E-state index >= 15 is 0 Å². The van der Waals surface area contributed by atoms with Crippen LogP contribution in [0, 0.1) is 9.39 Å². The monoisotopic (exact) mass is 443 g/mol. The predicted molar refractivity (Wildman–Crippen MR) is 88.5 cm³/mol. The van der Waals surface area contributed by atoms with Crippen molar-refractivity contribution in [1.29, 1.82) is 0 Å². The van der Waals surface area contributed by atoms with Gasteiger partial charge in [0.2, 0.25) is 0 Å². The summed E-state index contributed by atoms with van der Waals surface area (Å²) in [6, 6.07) is 10.2. The summed E-state index contributed by atoms with van der Waals surface area (Å²) in [5.41, 5.74) is 1.50. The van der Waals surface area contributed by atoms with E-state index in [9.17, 15) is 9.18 Å². The zero-order valence-corrected chi connectivity index (χ0v) is 13.8. The first kappa shape index (κ1) is 13.8. The molecule has 1 heterocycles. The number of hydrogen-bond donors (Lipinski definition) is 1. The van der Waals surface area contributed by atoms with E-state index in [1.54, 1.807) is 24.4 Å². The van der Waals surface area contributed by atoms with Gasteiger partial charge in [0.15, 0.2) is 5.78 Å². The SMILES string of the molecule is O=C(c1cc(I)ccc1Br)c1c[nH]c2cccc(F)c12. The van der Waals surface area contributed by atoms with Crippen LogP contribution in [0.5, 0.6) is 0 Å². The summed E-state index contributed by atoms with van der Waals surface area (Å²) in [5, 5.41) is 0.336. The van der Waals surface area contributed by atoms with E-state index in [-0.39, 0.29) is 5.78 Å². The number of aromatic nitrogens is 1. The molecule has 0 saturated heterocycles. The Morgan fingerprint density at radius 3 is 2.80 bits per heavy atom. The molecule has 0 fully saturated rings. The lowest BCUT2D eigenvalue weighted by Crippen LogP contribution is -2.02. The van der Waals surface area contributed by atoms with E-state index in [1.165, 1.54) is 6.07 Å². The first-order valence-electron chi connectivity index (χ1n) is 5.83. The van der Waals surface area contributed by atoms with Crippen LogP contribution < -0.4 is 0 Å². The number of benzene rings is 2. The average Bonchev–Trinajstić information content (AvgIpc) is 2.86. The molecule has 2 aromatic carbocycles. The summed E-state index contributed by atoms with van der Waals surface area (Å²) in [6.07, 6.45) is 1.56. The number of fused-ring (bicyclic) bond motifs is 1. The van der Waals surface area contributed by atoms with Gasteiger partial charge in [0.1, 0.15) is 5.82 Å². The molecule has 0 amide bonds. The molecule has 3 aromatic rings. The summed E-state index contributed by atoms with van der Waals surface area (Å²) < 4.78 is 15.6. The Morgan fingerprint density at radius 2 is 2.00 bits per heavy atom. The van der Waals surface area contributed by atoms with Crippen molar-refractivity contribution in [2.75, 3.05) is 0 Å². The highest BCUT2D eigenvalue weighted by molar-refractivity contribution is 14.1. The Bertz CT molecular complexity index is 828. The third-order valence-corrected chi connectivity index (χ3v) is 4.44. The number of halogens is 3. The molecular weight excluding hydrogens is 436 g/mol. The molecule has 3 rings (SSSR count). The van der Waals surface area contributed by atoms with Gasteiger partial charge in [-0.15, -0.1) is 0 Å². The van der Waals surface area contributed by atoms with Crippen LogP contribution in [-0.2, 0) is 0 Å². The Hall–Kier alpha value is -1.21. The van der Waals surface area contributed by atoms with E-state index in [0.29, 0.717) is 26.5 Å². The highest BCUT2D eigenvalue weighted by atomic mass is 127. The van der Waals surface area contributed by atoms with Gasteiger partial charge < -0.3 is 4.98 Å². The number of rotatable bonds is 2. The topological polar surface area (TPSA) is 32.9 Å². The molecule has 100 valence electrons. The molecule has 0 saturated carbocycles. The van der Waals surface area contributed by atoms with Gasteiger partial charge in [-0.1, -0.05) is 22.0 Å². The molecule has 0 atom stereocenters. The van der Waals surface area contributed by atoms with Crippen LogP contribution in [0.2, 0.25) is 0 Å². The normalized spacial score (nSPS) is 10.9. The molecular formula is C15H8BrFINO. The number of nitrogens with one attached hydrogen (secondary N) is 1. The van der Waals surface area contributed by atoms with E-state index in [0.717, 1.165) is 3.57 Å². The van der Waals surface area contributed by atoms with Gasteiger partial charge >= 0.3 is 0 Å². The molecule has 0 bridgehead atoms. The van der Waals surface area contributed by atoms with Gasteiger partial charge in [-0.05, 0) is 52.9 Å². The molecule has 2 nitrogen and oxygen atoms in total. The molecule has 0 aliphatic heterocycles. The maximum Gasteiger partial charge on any atom is 0.196 e. The summed E-state index contributed by atoms with van der Waals surface area (Å²) in [5.74, 6) is -0.597. The fourth-order valence-corrected chi connectivity index (χ4v) is 3.05. The number of ketones is 1. The van der Waals surface area contributed by atoms with Gasteiger partial charge in [0, 0.05) is 30.7 Å². The maximum atomic E-state index is 14.0. The number of carbonyl (C=O) groups is 1. The van der Waals surface area contributed by atoms with Crippen molar-refractivity contribution in [1.82, 2.24) is 4.98 Å². The quantitative estimate of drug-likeness (QED) is 0.443. The zero-order chi connectivity index (χ0) is 14.3. The van der Waals surface area contributed by atoms with Gasteiger partial charge in [-0.3, -0.25) is 4.79 Å². The van der Waals surface area contributed by atoms with Gasteiger partial charge in [-0.25, -0.2) is 4.39 Å². The number of H-pyrrole nitrogens is 1. The third-order valence-electron chi connectivity index (χ3n) is 3.07. The average molecular weight is 444 g/mol. The van der Waals surface area contributed by atoms with Crippen molar-refractivity contribution in [2.45, 2.75) is 0 Å². The van der Waals surface area contributed by atoms with Crippen LogP contribution in [-0.4, -0.2) is 10.8 Å². The minimum Gasteiger partial charge on any atom is -0.360 e. The molecule has 5 heteroatoms. The van der Waals surface area contributed by atoms with Crippen LogP contribution in [0.15, 0.2) is 47.1 Å². The third kappa shape index (κ3) is 2.29. The lowest BCUT2D eigenvalue weighted by molar-refractivity contribution is 0.103. The Labute approximate surface area is 136 Å². The van der Waals surface area contributed by atoms with Gasteiger partial charge in [0.25, 0.3) is 0 Å². The highest BCUT2D eigenvalue weighted by Gasteiger charge is 2.19. The Morgan fingerprint density at radius 1 is 1.20 bits per heavy atom. The molecule has 0 radical (unpaired) electrons. The van der Waals surface area contributed by atoms with E-state index in [1.807, 2.05) is 12.1 Å². The fraction of sp³-hybridized carbons (Fsp3) is 0. The summed E-state index contributed by atoms with van der Waals surface area (Å²) in [4.78, 5) is 15.6. The van der Waals surface area contributed by atoms with Crippen LogP contribution in [0.3, 0.4) is 0 Å². The highest BCUT2D eigenvalue weighted by Crippen LogP contribution is 2.27. The first-order chi connectivity index (χ1) is 9.58. The summed E-state index contributed by atoms with van der Waals surface area (Å²) in [7, 11) is 0. The van der Waals surface area contributed by atoms with Crippen molar-refractivity contribution < 1.29 is 9.18 Å². The lowest BCUT2D eigenvalue weighted by atomic mass is 10.0. The smallest absolute Gasteiger partial charge is 0.196 e. The van der Waals surface area contributed by atoms with E-state index in [4.69, 9.17) is 0 Å². The van der Waals surface area contributed by atoms with Crippen molar-refractivity contribution in [3.8, 4) is 0 Å². The molecule has 1 aromatic heterocycles. The standard InChI is InChI=1S/C15H8BrFINO/c16-11-5-4-8(18)6-9(11)15(20)10-7-19-13-3-1-2-12(17)14(10)13/h1-7,19H. The van der Waals surface area contributed by atoms with Crippen LogP contribution in [0.4, 0.5) is 4.39 Å². The van der Waals surface area contributed by atoms with Crippen molar-refractivity contribution in [3.05, 3.63) is 67.6 Å². The van der Waals surface area contributed by atoms with Crippen LogP contribution in [0.25, 0.3) is 10.9 Å². The second-order valence-electron chi connectivity index (χ2n) is 4.32. The first-order valence-corrected chi connectivity index (χ1v) is 7.70. The maximum absolute atomic E-state index is 14.0. The van der Waals surface area contributed by atoms with E-state index < -0.39 is 5.82 Å². The number of aromatic amines is 1. The molecule has 0 unspecified atom stereocenters. The lowest BCUT2D eigenvalue weighted by Gasteiger charge is -2.04. The predicted octanol–water partition coefficient (Wildman–Crippen LogP) is 4.91.